The Balaban J connectivity index is 0.00000480. The van der Waals surface area contributed by atoms with Crippen molar-refractivity contribution >= 4 is 35.8 Å². The van der Waals surface area contributed by atoms with Crippen LogP contribution in [0.4, 0.5) is 4.39 Å². The van der Waals surface area contributed by atoms with E-state index in [4.69, 9.17) is 0 Å². The minimum Gasteiger partial charge on any atom is -0.356 e. The van der Waals surface area contributed by atoms with Crippen molar-refractivity contribution in [3.63, 3.8) is 0 Å². The van der Waals surface area contributed by atoms with E-state index in [1.54, 1.807) is 38.2 Å². The van der Waals surface area contributed by atoms with Crippen LogP contribution < -0.4 is 10.6 Å². The molecule has 0 aromatic heterocycles. The number of amides is 1. The standard InChI is InChI=1S/C23H32FN5O.HI/c1-25-23(27-14-15-29(4)17-19-8-10-21(24)11-9-19)26-13-12-18-6-5-7-20(16-18)22(30)28(2)3;/h5-11,16H,12-15,17H2,1-4H3,(H2,25,26,27);1H. The molecule has 2 rings (SSSR count). The lowest BCUT2D eigenvalue weighted by molar-refractivity contribution is 0.0827. The minimum absolute atomic E-state index is 0. The van der Waals surface area contributed by atoms with Gasteiger partial charge in [-0.05, 0) is 48.9 Å². The first-order chi connectivity index (χ1) is 14.4. The van der Waals surface area contributed by atoms with E-state index in [1.165, 1.54) is 12.1 Å². The van der Waals surface area contributed by atoms with Crippen LogP contribution in [-0.2, 0) is 13.0 Å². The Bertz CT molecular complexity index is 842. The maximum atomic E-state index is 13.0. The number of hydrogen-bond acceptors (Lipinski definition) is 3. The lowest BCUT2D eigenvalue weighted by Gasteiger charge is -2.18. The first-order valence-electron chi connectivity index (χ1n) is 10.1. The molecule has 0 aliphatic carbocycles. The highest BCUT2D eigenvalue weighted by atomic mass is 127. The summed E-state index contributed by atoms with van der Waals surface area (Å²) in [5, 5.41) is 6.60. The second-order valence-corrected chi connectivity index (χ2v) is 7.44. The van der Waals surface area contributed by atoms with Gasteiger partial charge in [-0.2, -0.15) is 0 Å². The van der Waals surface area contributed by atoms with E-state index in [1.807, 2.05) is 31.3 Å². The van der Waals surface area contributed by atoms with Gasteiger partial charge in [-0.25, -0.2) is 4.39 Å². The third-order valence-electron chi connectivity index (χ3n) is 4.66. The first-order valence-corrected chi connectivity index (χ1v) is 10.1. The van der Waals surface area contributed by atoms with Crippen molar-refractivity contribution in [3.8, 4) is 0 Å². The Labute approximate surface area is 201 Å². The number of likely N-dealkylation sites (N-methyl/N-ethyl adjacent to an activating group) is 1. The van der Waals surface area contributed by atoms with Crippen molar-refractivity contribution in [3.05, 3.63) is 71.0 Å². The van der Waals surface area contributed by atoms with Crippen molar-refractivity contribution in [2.45, 2.75) is 13.0 Å². The molecule has 0 spiro atoms. The average molecular weight is 541 g/mol. The third-order valence-corrected chi connectivity index (χ3v) is 4.66. The molecule has 0 fully saturated rings. The van der Waals surface area contributed by atoms with Gasteiger partial charge in [0.1, 0.15) is 5.82 Å². The summed E-state index contributed by atoms with van der Waals surface area (Å²) in [6, 6.07) is 14.3. The van der Waals surface area contributed by atoms with Crippen LogP contribution in [0.25, 0.3) is 0 Å². The molecule has 0 bridgehead atoms. The zero-order valence-corrected chi connectivity index (χ0v) is 21.0. The largest absolute Gasteiger partial charge is 0.356 e. The van der Waals surface area contributed by atoms with Crippen molar-refractivity contribution in [1.82, 2.24) is 20.4 Å². The predicted octanol–water partition coefficient (Wildman–Crippen LogP) is 2.99. The predicted molar refractivity (Wildman–Crippen MR) is 136 cm³/mol. The molecule has 0 heterocycles. The first kappa shape index (κ1) is 26.8. The molecule has 8 heteroatoms. The van der Waals surface area contributed by atoms with Crippen molar-refractivity contribution in [1.29, 1.82) is 0 Å². The van der Waals surface area contributed by atoms with Crippen LogP contribution in [0.2, 0.25) is 0 Å². The Morgan fingerprint density at radius 3 is 2.32 bits per heavy atom. The summed E-state index contributed by atoms with van der Waals surface area (Å²) in [6.45, 7) is 3.04. The quantitative estimate of drug-likeness (QED) is 0.291. The highest BCUT2D eigenvalue weighted by Gasteiger charge is 2.08. The number of nitrogens with one attached hydrogen (secondary N) is 2. The van der Waals surface area contributed by atoms with Crippen LogP contribution in [0.5, 0.6) is 0 Å². The molecule has 0 atom stereocenters. The SMILES string of the molecule is CN=C(NCCc1cccc(C(=O)N(C)C)c1)NCCN(C)Cc1ccc(F)cc1.I. The molecule has 2 aromatic carbocycles. The summed E-state index contributed by atoms with van der Waals surface area (Å²) in [4.78, 5) is 20.1. The van der Waals surface area contributed by atoms with Gasteiger partial charge in [0, 0.05) is 52.9 Å². The molecule has 6 nitrogen and oxygen atoms in total. The van der Waals surface area contributed by atoms with Crippen LogP contribution in [0.1, 0.15) is 21.5 Å². The maximum Gasteiger partial charge on any atom is 0.253 e. The Kier molecular flexibility index (Phi) is 12.1. The Hall–Kier alpha value is -2.20. The van der Waals surface area contributed by atoms with Gasteiger partial charge in [-0.1, -0.05) is 24.3 Å². The maximum absolute atomic E-state index is 13.0. The van der Waals surface area contributed by atoms with Crippen LogP contribution in [0.15, 0.2) is 53.5 Å². The number of halogens is 2. The molecule has 0 aliphatic rings. The molecule has 0 saturated heterocycles. The smallest absolute Gasteiger partial charge is 0.253 e. The van der Waals surface area contributed by atoms with Gasteiger partial charge in [0.15, 0.2) is 5.96 Å². The van der Waals surface area contributed by atoms with E-state index in [-0.39, 0.29) is 35.7 Å². The van der Waals surface area contributed by atoms with Gasteiger partial charge < -0.3 is 20.4 Å². The molecular formula is C23H33FIN5O. The van der Waals surface area contributed by atoms with Gasteiger partial charge in [0.05, 0.1) is 0 Å². The number of carbonyl (C=O) groups excluding carboxylic acids is 1. The topological polar surface area (TPSA) is 60.0 Å². The molecule has 2 aromatic rings. The molecule has 0 radical (unpaired) electrons. The van der Waals surface area contributed by atoms with E-state index < -0.39 is 0 Å². The van der Waals surface area contributed by atoms with Gasteiger partial charge >= 0.3 is 0 Å². The molecule has 2 N–H and O–H groups in total. The number of aliphatic imine (C=N–C) groups is 1. The number of rotatable bonds is 9. The fourth-order valence-corrected chi connectivity index (χ4v) is 3.01. The highest BCUT2D eigenvalue weighted by molar-refractivity contribution is 14.0. The number of hydrogen-bond donors (Lipinski definition) is 2. The summed E-state index contributed by atoms with van der Waals surface area (Å²) < 4.78 is 13.0. The van der Waals surface area contributed by atoms with Crippen molar-refractivity contribution in [2.24, 2.45) is 4.99 Å². The number of nitrogens with zero attached hydrogens (tertiary/aromatic N) is 3. The van der Waals surface area contributed by atoms with E-state index in [0.29, 0.717) is 12.1 Å². The fourth-order valence-electron chi connectivity index (χ4n) is 3.01. The molecular weight excluding hydrogens is 508 g/mol. The van der Waals surface area contributed by atoms with Gasteiger partial charge in [0.25, 0.3) is 5.91 Å². The number of carbonyl (C=O) groups is 1. The van der Waals surface area contributed by atoms with Crippen LogP contribution in [0.3, 0.4) is 0 Å². The molecule has 170 valence electrons. The highest BCUT2D eigenvalue weighted by Crippen LogP contribution is 2.08. The van der Waals surface area contributed by atoms with Gasteiger partial charge in [-0.15, -0.1) is 24.0 Å². The molecule has 0 unspecified atom stereocenters. The third kappa shape index (κ3) is 9.65. The summed E-state index contributed by atoms with van der Waals surface area (Å²) in [7, 11) is 7.28. The molecule has 31 heavy (non-hydrogen) atoms. The van der Waals surface area contributed by atoms with Gasteiger partial charge in [-0.3, -0.25) is 9.79 Å². The summed E-state index contributed by atoms with van der Waals surface area (Å²) >= 11 is 0. The van der Waals surface area contributed by atoms with Crippen molar-refractivity contribution in [2.75, 3.05) is 47.8 Å². The lowest BCUT2D eigenvalue weighted by atomic mass is 10.1. The second-order valence-electron chi connectivity index (χ2n) is 7.44. The van der Waals surface area contributed by atoms with Crippen molar-refractivity contribution < 1.29 is 9.18 Å². The zero-order valence-electron chi connectivity index (χ0n) is 18.7. The van der Waals surface area contributed by atoms with E-state index >= 15 is 0 Å². The summed E-state index contributed by atoms with van der Waals surface area (Å²) in [6.07, 6.45) is 0.791. The number of benzene rings is 2. The average Bonchev–Trinajstić information content (AvgIpc) is 2.73. The fraction of sp³-hybridized carbons (Fsp3) is 0.391. The number of guanidine groups is 1. The van der Waals surface area contributed by atoms with Crippen LogP contribution in [-0.4, -0.2) is 69.5 Å². The monoisotopic (exact) mass is 541 g/mol. The second kappa shape index (κ2) is 14.0. The summed E-state index contributed by atoms with van der Waals surface area (Å²) in [5.41, 5.74) is 2.88. The van der Waals surface area contributed by atoms with E-state index in [2.05, 4.69) is 20.5 Å². The van der Waals surface area contributed by atoms with E-state index in [0.717, 1.165) is 43.1 Å². The zero-order chi connectivity index (χ0) is 21.9. The minimum atomic E-state index is -0.214. The molecule has 0 aliphatic heterocycles. The van der Waals surface area contributed by atoms with Crippen LogP contribution in [0, 0.1) is 5.82 Å². The molecule has 0 saturated carbocycles. The summed E-state index contributed by atoms with van der Waals surface area (Å²) in [5.74, 6) is 0.534. The van der Waals surface area contributed by atoms with E-state index in [9.17, 15) is 9.18 Å². The van der Waals surface area contributed by atoms with Crippen LogP contribution >= 0.6 is 24.0 Å². The Morgan fingerprint density at radius 2 is 1.68 bits per heavy atom. The Morgan fingerprint density at radius 1 is 1.00 bits per heavy atom. The normalized spacial score (nSPS) is 11.1. The molecule has 1 amide bonds. The van der Waals surface area contributed by atoms with Gasteiger partial charge in [0.2, 0.25) is 0 Å². The lowest BCUT2D eigenvalue weighted by Crippen LogP contribution is -2.41.